The first-order valence-corrected chi connectivity index (χ1v) is 10.2. The number of carbonyl (C=O) groups is 2. The van der Waals surface area contributed by atoms with Crippen molar-refractivity contribution < 1.29 is 19.1 Å². The Morgan fingerprint density at radius 2 is 1.20 bits per heavy atom. The number of ether oxygens (including phenoxy) is 2. The SMILES string of the molecule is CCCCC/C=C\CCOC(=O)CCCCC(=O)OCCCCCC. The molecule has 0 aliphatic carbocycles. The Hall–Kier alpha value is -1.32. The van der Waals surface area contributed by atoms with E-state index in [1.54, 1.807) is 0 Å². The molecule has 0 unspecified atom stereocenters. The van der Waals surface area contributed by atoms with Gasteiger partial charge in [0.25, 0.3) is 0 Å². The van der Waals surface area contributed by atoms with E-state index in [1.165, 1.54) is 32.1 Å². The van der Waals surface area contributed by atoms with Crippen molar-refractivity contribution >= 4 is 11.9 Å². The summed E-state index contributed by atoms with van der Waals surface area (Å²) in [5, 5.41) is 0. The summed E-state index contributed by atoms with van der Waals surface area (Å²) >= 11 is 0. The summed E-state index contributed by atoms with van der Waals surface area (Å²) in [6.45, 7) is 5.32. The number of rotatable bonds is 17. The van der Waals surface area contributed by atoms with E-state index in [9.17, 15) is 9.59 Å². The molecule has 0 aromatic rings. The first-order chi connectivity index (χ1) is 12.2. The lowest BCUT2D eigenvalue weighted by molar-refractivity contribution is -0.145. The van der Waals surface area contributed by atoms with Crippen LogP contribution in [-0.2, 0) is 19.1 Å². The maximum atomic E-state index is 11.6. The molecule has 4 heteroatoms. The molecule has 0 saturated heterocycles. The van der Waals surface area contributed by atoms with E-state index in [2.05, 4.69) is 26.0 Å². The van der Waals surface area contributed by atoms with Gasteiger partial charge in [-0.2, -0.15) is 0 Å². The average Bonchev–Trinajstić information content (AvgIpc) is 2.61. The molecule has 0 aromatic heterocycles. The summed E-state index contributed by atoms with van der Waals surface area (Å²) in [5.41, 5.74) is 0. The van der Waals surface area contributed by atoms with Crippen LogP contribution in [0, 0.1) is 0 Å². The van der Waals surface area contributed by atoms with E-state index < -0.39 is 0 Å². The van der Waals surface area contributed by atoms with Crippen molar-refractivity contribution in [3.05, 3.63) is 12.2 Å². The van der Waals surface area contributed by atoms with Crippen LogP contribution in [0.3, 0.4) is 0 Å². The van der Waals surface area contributed by atoms with Crippen LogP contribution in [0.2, 0.25) is 0 Å². The van der Waals surface area contributed by atoms with Gasteiger partial charge in [0.2, 0.25) is 0 Å². The highest BCUT2D eigenvalue weighted by Crippen LogP contribution is 2.05. The van der Waals surface area contributed by atoms with Gasteiger partial charge in [0.05, 0.1) is 13.2 Å². The average molecular weight is 355 g/mol. The molecule has 146 valence electrons. The maximum Gasteiger partial charge on any atom is 0.305 e. The lowest BCUT2D eigenvalue weighted by Gasteiger charge is -2.05. The topological polar surface area (TPSA) is 52.6 Å². The second-order valence-electron chi connectivity index (χ2n) is 6.46. The monoisotopic (exact) mass is 354 g/mol. The minimum Gasteiger partial charge on any atom is -0.466 e. The number of hydrogen-bond acceptors (Lipinski definition) is 4. The quantitative estimate of drug-likeness (QED) is 0.190. The van der Waals surface area contributed by atoms with Gasteiger partial charge >= 0.3 is 11.9 Å². The highest BCUT2D eigenvalue weighted by atomic mass is 16.5. The zero-order valence-corrected chi connectivity index (χ0v) is 16.4. The van der Waals surface area contributed by atoms with Gasteiger partial charge in [-0.3, -0.25) is 9.59 Å². The Morgan fingerprint density at radius 1 is 0.640 bits per heavy atom. The Bertz CT molecular complexity index is 350. The summed E-state index contributed by atoms with van der Waals surface area (Å²) < 4.78 is 10.3. The minimum atomic E-state index is -0.174. The maximum absolute atomic E-state index is 11.6. The molecule has 25 heavy (non-hydrogen) atoms. The van der Waals surface area contributed by atoms with Crippen molar-refractivity contribution in [2.75, 3.05) is 13.2 Å². The molecule has 0 radical (unpaired) electrons. The fourth-order valence-electron chi connectivity index (χ4n) is 2.39. The highest BCUT2D eigenvalue weighted by molar-refractivity contribution is 5.70. The molecule has 0 spiro atoms. The van der Waals surface area contributed by atoms with E-state index >= 15 is 0 Å². The van der Waals surface area contributed by atoms with E-state index in [1.807, 2.05) is 0 Å². The van der Waals surface area contributed by atoms with Crippen LogP contribution in [0.15, 0.2) is 12.2 Å². The third-order valence-electron chi connectivity index (χ3n) is 3.96. The minimum absolute atomic E-state index is 0.155. The molecule has 0 amide bonds. The van der Waals surface area contributed by atoms with E-state index in [0.717, 1.165) is 25.7 Å². The Balaban J connectivity index is 3.38. The predicted molar refractivity (Wildman–Crippen MR) is 102 cm³/mol. The molecular weight excluding hydrogens is 316 g/mol. The molecule has 0 bridgehead atoms. The van der Waals surface area contributed by atoms with Gasteiger partial charge in [-0.1, -0.05) is 58.1 Å². The number of carbonyl (C=O) groups excluding carboxylic acids is 2. The van der Waals surface area contributed by atoms with Crippen molar-refractivity contribution in [3.63, 3.8) is 0 Å². The van der Waals surface area contributed by atoms with Crippen molar-refractivity contribution in [2.45, 2.75) is 97.3 Å². The van der Waals surface area contributed by atoms with Crippen LogP contribution in [0.1, 0.15) is 97.3 Å². The van der Waals surface area contributed by atoms with Crippen LogP contribution < -0.4 is 0 Å². The molecular formula is C21H38O4. The summed E-state index contributed by atoms with van der Waals surface area (Å²) in [4.78, 5) is 23.1. The van der Waals surface area contributed by atoms with Crippen LogP contribution >= 0.6 is 0 Å². The van der Waals surface area contributed by atoms with Crippen molar-refractivity contribution in [1.82, 2.24) is 0 Å². The Labute approximate surface area is 154 Å². The number of esters is 2. The normalized spacial score (nSPS) is 11.0. The van der Waals surface area contributed by atoms with Crippen molar-refractivity contribution in [3.8, 4) is 0 Å². The van der Waals surface area contributed by atoms with Gasteiger partial charge in [0, 0.05) is 12.8 Å². The number of allylic oxidation sites excluding steroid dienone is 1. The molecule has 0 atom stereocenters. The number of hydrogen-bond donors (Lipinski definition) is 0. The van der Waals surface area contributed by atoms with E-state index in [0.29, 0.717) is 38.9 Å². The van der Waals surface area contributed by atoms with Crippen LogP contribution in [0.5, 0.6) is 0 Å². The molecule has 0 aliphatic heterocycles. The van der Waals surface area contributed by atoms with Crippen molar-refractivity contribution in [1.29, 1.82) is 0 Å². The molecule has 4 nitrogen and oxygen atoms in total. The summed E-state index contributed by atoms with van der Waals surface area (Å²) in [6.07, 6.45) is 16.4. The molecule has 0 N–H and O–H groups in total. The molecule has 0 aromatic carbocycles. The third-order valence-corrected chi connectivity index (χ3v) is 3.96. The molecule has 0 rings (SSSR count). The predicted octanol–water partition coefficient (Wildman–Crippen LogP) is 5.74. The Morgan fingerprint density at radius 3 is 1.84 bits per heavy atom. The summed E-state index contributed by atoms with van der Waals surface area (Å²) in [5.74, 6) is -0.328. The lowest BCUT2D eigenvalue weighted by atomic mass is 10.2. The van der Waals surface area contributed by atoms with E-state index in [4.69, 9.17) is 9.47 Å². The van der Waals surface area contributed by atoms with Gasteiger partial charge in [-0.15, -0.1) is 0 Å². The summed E-state index contributed by atoms with van der Waals surface area (Å²) in [6, 6.07) is 0. The second-order valence-corrected chi connectivity index (χ2v) is 6.46. The first kappa shape index (κ1) is 23.7. The zero-order valence-electron chi connectivity index (χ0n) is 16.4. The molecule has 0 aliphatic rings. The van der Waals surface area contributed by atoms with Crippen molar-refractivity contribution in [2.24, 2.45) is 0 Å². The van der Waals surface area contributed by atoms with Crippen LogP contribution in [-0.4, -0.2) is 25.2 Å². The van der Waals surface area contributed by atoms with Gasteiger partial charge < -0.3 is 9.47 Å². The molecule has 0 heterocycles. The highest BCUT2D eigenvalue weighted by Gasteiger charge is 2.05. The fraction of sp³-hybridized carbons (Fsp3) is 0.810. The van der Waals surface area contributed by atoms with Gasteiger partial charge in [0.1, 0.15) is 0 Å². The van der Waals surface area contributed by atoms with Gasteiger partial charge in [-0.25, -0.2) is 0 Å². The second kappa shape index (κ2) is 19.0. The first-order valence-electron chi connectivity index (χ1n) is 10.2. The zero-order chi connectivity index (χ0) is 18.6. The lowest BCUT2D eigenvalue weighted by Crippen LogP contribution is -2.07. The van der Waals surface area contributed by atoms with E-state index in [-0.39, 0.29) is 11.9 Å². The third kappa shape index (κ3) is 18.9. The largest absolute Gasteiger partial charge is 0.466 e. The molecule has 0 saturated carbocycles. The van der Waals surface area contributed by atoms with Gasteiger partial charge in [0.15, 0.2) is 0 Å². The smallest absolute Gasteiger partial charge is 0.305 e. The number of unbranched alkanes of at least 4 members (excludes halogenated alkanes) is 7. The standard InChI is InChI=1S/C21H38O4/c1-3-5-7-9-10-11-15-19-25-21(23)17-13-12-16-20(22)24-18-14-8-6-4-2/h10-11H,3-9,12-19H2,1-2H3/b11-10-. The molecule has 0 fully saturated rings. The fourth-order valence-corrected chi connectivity index (χ4v) is 2.39. The van der Waals surface area contributed by atoms with Crippen LogP contribution in [0.4, 0.5) is 0 Å². The van der Waals surface area contributed by atoms with Gasteiger partial charge in [-0.05, 0) is 38.5 Å². The summed E-state index contributed by atoms with van der Waals surface area (Å²) in [7, 11) is 0. The van der Waals surface area contributed by atoms with Crippen LogP contribution in [0.25, 0.3) is 0 Å². The Kier molecular flexibility index (Phi) is 18.0.